The minimum atomic E-state index is 0.641. The largest absolute Gasteiger partial charge is 0.397 e. The second kappa shape index (κ2) is 4.13. The van der Waals surface area contributed by atoms with Gasteiger partial charge in [0.15, 0.2) is 0 Å². The van der Waals surface area contributed by atoms with Crippen molar-refractivity contribution in [1.82, 2.24) is 0 Å². The van der Waals surface area contributed by atoms with E-state index in [4.69, 9.17) is 11.5 Å². The average Bonchev–Trinajstić information content (AvgIpc) is 2.26. The highest BCUT2D eigenvalue weighted by Crippen LogP contribution is 2.39. The molecule has 0 bridgehead atoms. The van der Waals surface area contributed by atoms with Gasteiger partial charge < -0.3 is 11.5 Å². The Morgan fingerprint density at radius 3 is 2.40 bits per heavy atom. The molecule has 1 aromatic carbocycles. The number of benzene rings is 1. The minimum absolute atomic E-state index is 0.641. The fourth-order valence-electron chi connectivity index (χ4n) is 2.70. The van der Waals surface area contributed by atoms with Crippen LogP contribution in [0.4, 0.5) is 11.4 Å². The van der Waals surface area contributed by atoms with Gasteiger partial charge in [-0.15, -0.1) is 0 Å². The summed E-state index contributed by atoms with van der Waals surface area (Å²) in [5.74, 6) is 0.641. The summed E-state index contributed by atoms with van der Waals surface area (Å²) in [6, 6.07) is 4.01. The molecule has 0 aliphatic heterocycles. The number of nitrogen functional groups attached to an aromatic ring is 2. The smallest absolute Gasteiger partial charge is 0.0585 e. The fourth-order valence-corrected chi connectivity index (χ4v) is 2.70. The molecule has 0 spiro atoms. The maximum Gasteiger partial charge on any atom is 0.0585 e. The molecule has 1 aliphatic rings. The lowest BCUT2D eigenvalue weighted by Gasteiger charge is -2.25. The van der Waals surface area contributed by atoms with Gasteiger partial charge in [0.05, 0.1) is 11.4 Å². The second-order valence-corrected chi connectivity index (χ2v) is 4.63. The molecule has 0 atom stereocenters. The number of nitrogens with two attached hydrogens (primary N) is 2. The molecule has 2 heteroatoms. The van der Waals surface area contributed by atoms with E-state index in [1.165, 1.54) is 43.2 Å². The van der Waals surface area contributed by atoms with Crippen LogP contribution in [0.15, 0.2) is 12.1 Å². The van der Waals surface area contributed by atoms with E-state index in [2.05, 4.69) is 13.0 Å². The summed E-state index contributed by atoms with van der Waals surface area (Å²) < 4.78 is 0. The molecule has 1 saturated carbocycles. The van der Waals surface area contributed by atoms with Crippen molar-refractivity contribution in [2.45, 2.75) is 44.9 Å². The van der Waals surface area contributed by atoms with Gasteiger partial charge in [0, 0.05) is 0 Å². The van der Waals surface area contributed by atoms with Crippen LogP contribution in [0.5, 0.6) is 0 Å². The van der Waals surface area contributed by atoms with Crippen LogP contribution < -0.4 is 11.5 Å². The number of hydrogen-bond donors (Lipinski definition) is 2. The highest BCUT2D eigenvalue weighted by atomic mass is 14.7. The molecule has 0 unspecified atom stereocenters. The van der Waals surface area contributed by atoms with Gasteiger partial charge in [-0.1, -0.05) is 25.3 Å². The maximum absolute atomic E-state index is 6.09. The van der Waals surface area contributed by atoms with Crippen LogP contribution in [-0.2, 0) is 0 Å². The lowest BCUT2D eigenvalue weighted by Crippen LogP contribution is -2.10. The van der Waals surface area contributed by atoms with Crippen LogP contribution in [0.3, 0.4) is 0 Å². The molecule has 15 heavy (non-hydrogen) atoms. The van der Waals surface area contributed by atoms with Gasteiger partial charge in [0.25, 0.3) is 0 Å². The molecule has 0 radical (unpaired) electrons. The Balaban J connectivity index is 2.36. The summed E-state index contributed by atoms with van der Waals surface area (Å²) in [6.45, 7) is 2.14. The minimum Gasteiger partial charge on any atom is -0.397 e. The van der Waals surface area contributed by atoms with Crippen LogP contribution in [0.25, 0.3) is 0 Å². The summed E-state index contributed by atoms with van der Waals surface area (Å²) in [4.78, 5) is 0. The predicted octanol–water partition coefficient (Wildman–Crippen LogP) is 3.21. The Labute approximate surface area is 91.7 Å². The molecule has 1 aromatic rings. The lowest BCUT2D eigenvalue weighted by atomic mass is 9.81. The van der Waals surface area contributed by atoms with E-state index in [1.54, 1.807) is 0 Å². The van der Waals surface area contributed by atoms with Crippen molar-refractivity contribution in [1.29, 1.82) is 0 Å². The Bertz CT molecular complexity index is 352. The van der Waals surface area contributed by atoms with E-state index < -0.39 is 0 Å². The van der Waals surface area contributed by atoms with Gasteiger partial charge in [-0.25, -0.2) is 0 Å². The van der Waals surface area contributed by atoms with E-state index in [0.29, 0.717) is 5.92 Å². The first-order valence-electron chi connectivity index (χ1n) is 5.84. The van der Waals surface area contributed by atoms with Crippen molar-refractivity contribution in [3.05, 3.63) is 23.3 Å². The van der Waals surface area contributed by atoms with Crippen molar-refractivity contribution in [2.75, 3.05) is 11.5 Å². The zero-order valence-corrected chi connectivity index (χ0v) is 9.42. The Hall–Kier alpha value is -1.18. The van der Waals surface area contributed by atoms with E-state index in [1.807, 2.05) is 6.07 Å². The van der Waals surface area contributed by atoms with Crippen LogP contribution in [0.1, 0.15) is 49.1 Å². The third kappa shape index (κ3) is 1.94. The Kier molecular flexibility index (Phi) is 2.85. The molecule has 2 nitrogen and oxygen atoms in total. The first kappa shape index (κ1) is 10.3. The maximum atomic E-state index is 6.09. The molecule has 82 valence electrons. The SMILES string of the molecule is Cc1ccc(N)c(N)c1C1CCCCC1. The van der Waals surface area contributed by atoms with Crippen molar-refractivity contribution in [2.24, 2.45) is 0 Å². The van der Waals surface area contributed by atoms with Crippen LogP contribution >= 0.6 is 0 Å². The topological polar surface area (TPSA) is 52.0 Å². The molecule has 1 aliphatic carbocycles. The molecular weight excluding hydrogens is 184 g/mol. The number of rotatable bonds is 1. The molecule has 1 fully saturated rings. The van der Waals surface area contributed by atoms with Gasteiger partial charge in [0.2, 0.25) is 0 Å². The summed E-state index contributed by atoms with van der Waals surface area (Å²) in [6.07, 6.45) is 6.58. The van der Waals surface area contributed by atoms with Gasteiger partial charge in [0.1, 0.15) is 0 Å². The normalized spacial score (nSPS) is 17.9. The molecular formula is C13H20N2. The summed E-state index contributed by atoms with van der Waals surface area (Å²) in [7, 11) is 0. The number of anilines is 2. The lowest BCUT2D eigenvalue weighted by molar-refractivity contribution is 0.443. The Morgan fingerprint density at radius 2 is 1.73 bits per heavy atom. The molecule has 0 amide bonds. The van der Waals surface area contributed by atoms with Crippen LogP contribution in [-0.4, -0.2) is 0 Å². The summed E-state index contributed by atoms with van der Waals surface area (Å²) >= 11 is 0. The fraction of sp³-hybridized carbons (Fsp3) is 0.538. The van der Waals surface area contributed by atoms with Crippen molar-refractivity contribution in [3.8, 4) is 0 Å². The first-order valence-corrected chi connectivity index (χ1v) is 5.84. The van der Waals surface area contributed by atoms with Crippen LogP contribution in [0.2, 0.25) is 0 Å². The zero-order valence-electron chi connectivity index (χ0n) is 9.42. The highest BCUT2D eigenvalue weighted by Gasteiger charge is 2.20. The first-order chi connectivity index (χ1) is 7.20. The zero-order chi connectivity index (χ0) is 10.8. The van der Waals surface area contributed by atoms with E-state index in [-0.39, 0.29) is 0 Å². The third-order valence-electron chi connectivity index (χ3n) is 3.55. The molecule has 0 heterocycles. The van der Waals surface area contributed by atoms with Crippen LogP contribution in [0, 0.1) is 6.92 Å². The molecule has 0 saturated heterocycles. The number of hydrogen-bond acceptors (Lipinski definition) is 2. The predicted molar refractivity (Wildman–Crippen MR) is 65.8 cm³/mol. The highest BCUT2D eigenvalue weighted by molar-refractivity contribution is 5.70. The summed E-state index contributed by atoms with van der Waals surface area (Å²) in [5, 5.41) is 0. The molecule has 0 aromatic heterocycles. The van der Waals surface area contributed by atoms with Gasteiger partial charge in [-0.3, -0.25) is 0 Å². The standard InChI is InChI=1S/C13H20N2/c1-9-7-8-11(14)13(15)12(9)10-5-3-2-4-6-10/h7-8,10H,2-6,14-15H2,1H3. The molecule has 2 rings (SSSR count). The van der Waals surface area contributed by atoms with Crippen molar-refractivity contribution >= 4 is 11.4 Å². The van der Waals surface area contributed by atoms with Gasteiger partial charge >= 0.3 is 0 Å². The summed E-state index contributed by atoms with van der Waals surface area (Å²) in [5.41, 5.74) is 16.1. The second-order valence-electron chi connectivity index (χ2n) is 4.63. The van der Waals surface area contributed by atoms with E-state index in [9.17, 15) is 0 Å². The van der Waals surface area contributed by atoms with Crippen molar-refractivity contribution in [3.63, 3.8) is 0 Å². The quantitative estimate of drug-likeness (QED) is 0.690. The van der Waals surface area contributed by atoms with Gasteiger partial charge in [-0.2, -0.15) is 0 Å². The van der Waals surface area contributed by atoms with Gasteiger partial charge in [-0.05, 0) is 42.9 Å². The van der Waals surface area contributed by atoms with Crippen molar-refractivity contribution < 1.29 is 0 Å². The monoisotopic (exact) mass is 204 g/mol. The average molecular weight is 204 g/mol. The van der Waals surface area contributed by atoms with E-state index in [0.717, 1.165) is 11.4 Å². The van der Waals surface area contributed by atoms with E-state index >= 15 is 0 Å². The molecule has 4 N–H and O–H groups in total. The number of aryl methyl sites for hydroxylation is 1. The third-order valence-corrected chi connectivity index (χ3v) is 3.55. The Morgan fingerprint density at radius 1 is 1.07 bits per heavy atom.